The van der Waals surface area contributed by atoms with Gasteiger partial charge in [0.25, 0.3) is 0 Å². The molecule has 0 saturated carbocycles. The van der Waals surface area contributed by atoms with E-state index in [4.69, 9.17) is 5.73 Å². The molecule has 1 atom stereocenters. The van der Waals surface area contributed by atoms with Crippen molar-refractivity contribution in [2.45, 2.75) is 32.6 Å². The normalized spacial score (nSPS) is 13.5. The molecule has 0 aromatic rings. The van der Waals surface area contributed by atoms with Gasteiger partial charge in [0, 0.05) is 0 Å². The van der Waals surface area contributed by atoms with Crippen molar-refractivity contribution in [3.8, 4) is 0 Å². The minimum Gasteiger partial charge on any atom is -0.330 e. The molecular weight excluding hydrogens is 237 g/mol. The third-order valence-electron chi connectivity index (χ3n) is 1.91. The van der Waals surface area contributed by atoms with Crippen LogP contribution in [0.1, 0.15) is 32.6 Å². The Bertz CT molecular complexity index is 66.3. The van der Waals surface area contributed by atoms with Crippen LogP contribution in [0.4, 0.5) is 0 Å². The van der Waals surface area contributed by atoms with Crippen LogP contribution in [-0.2, 0) is 0 Å². The molecule has 10 heavy (non-hydrogen) atoms. The van der Waals surface area contributed by atoms with E-state index in [1.165, 1.54) is 30.1 Å². The van der Waals surface area contributed by atoms with E-state index in [0.717, 1.165) is 12.5 Å². The predicted molar refractivity (Wildman–Crippen MR) is 55.6 cm³/mol. The summed E-state index contributed by atoms with van der Waals surface area (Å²) in [5.74, 6) is 0.931. The Morgan fingerprint density at radius 1 is 1.40 bits per heavy atom. The van der Waals surface area contributed by atoms with Crippen LogP contribution in [0, 0.1) is 5.92 Å². The minimum atomic E-state index is 0.859. The summed E-state index contributed by atoms with van der Waals surface area (Å²) >= 11 is 2.45. The van der Waals surface area contributed by atoms with Crippen molar-refractivity contribution in [3.05, 3.63) is 0 Å². The van der Waals surface area contributed by atoms with E-state index in [1.807, 2.05) is 0 Å². The van der Waals surface area contributed by atoms with E-state index in [-0.39, 0.29) is 0 Å². The summed E-state index contributed by atoms with van der Waals surface area (Å²) in [7, 11) is 0. The zero-order valence-electron chi connectivity index (χ0n) is 6.78. The number of nitrogens with two attached hydrogens (primary N) is 1. The minimum absolute atomic E-state index is 0.859. The molecule has 0 bridgehead atoms. The fourth-order valence-corrected chi connectivity index (χ4v) is 1.99. The van der Waals surface area contributed by atoms with E-state index >= 15 is 0 Å². The third kappa shape index (κ3) is 5.47. The average Bonchev–Trinajstić information content (AvgIpc) is 1.98. The predicted octanol–water partition coefficient (Wildman–Crippen LogP) is 2.58. The molecule has 2 heteroatoms. The quantitative estimate of drug-likeness (QED) is 0.573. The van der Waals surface area contributed by atoms with Gasteiger partial charge in [-0.25, -0.2) is 0 Å². The highest BCUT2D eigenvalue weighted by atomic mass is 127. The van der Waals surface area contributed by atoms with Gasteiger partial charge in [-0.2, -0.15) is 0 Å². The molecule has 0 radical (unpaired) electrons. The Morgan fingerprint density at radius 3 is 2.50 bits per heavy atom. The largest absolute Gasteiger partial charge is 0.330 e. The highest BCUT2D eigenvalue weighted by molar-refractivity contribution is 14.1. The summed E-state index contributed by atoms with van der Waals surface area (Å²) in [4.78, 5) is 0. The molecule has 0 saturated heterocycles. The van der Waals surface area contributed by atoms with Crippen molar-refractivity contribution in [1.82, 2.24) is 0 Å². The van der Waals surface area contributed by atoms with E-state index < -0.39 is 0 Å². The molecule has 0 heterocycles. The standard InChI is InChI=1S/C8H18IN/c1-2-8(5-6-9)4-3-7-10/h8H,2-7,10H2,1H3. The summed E-state index contributed by atoms with van der Waals surface area (Å²) in [6.07, 6.45) is 5.23. The van der Waals surface area contributed by atoms with Crippen LogP contribution in [0.15, 0.2) is 0 Å². The maximum absolute atomic E-state index is 5.43. The smallest absolute Gasteiger partial charge is 0.000209 e. The van der Waals surface area contributed by atoms with Gasteiger partial charge in [-0.15, -0.1) is 0 Å². The van der Waals surface area contributed by atoms with Gasteiger partial charge in [0.1, 0.15) is 0 Å². The lowest BCUT2D eigenvalue weighted by molar-refractivity contribution is 0.449. The Balaban J connectivity index is 3.21. The fourth-order valence-electron chi connectivity index (χ4n) is 1.11. The lowest BCUT2D eigenvalue weighted by atomic mass is 9.98. The first-order valence-electron chi connectivity index (χ1n) is 4.11. The Labute approximate surface area is 77.9 Å². The van der Waals surface area contributed by atoms with Gasteiger partial charge < -0.3 is 5.73 Å². The second kappa shape index (κ2) is 7.79. The van der Waals surface area contributed by atoms with Crippen LogP contribution < -0.4 is 5.73 Å². The van der Waals surface area contributed by atoms with Crippen LogP contribution in [-0.4, -0.2) is 11.0 Å². The Morgan fingerprint density at radius 2 is 2.10 bits per heavy atom. The molecule has 62 valence electrons. The van der Waals surface area contributed by atoms with Gasteiger partial charge in [-0.3, -0.25) is 0 Å². The SMILES string of the molecule is CCC(CCI)CCCN. The number of hydrogen-bond donors (Lipinski definition) is 1. The molecule has 0 aromatic heterocycles. The van der Waals surface area contributed by atoms with Gasteiger partial charge in [0.2, 0.25) is 0 Å². The summed E-state index contributed by atoms with van der Waals surface area (Å²) in [5, 5.41) is 0. The van der Waals surface area contributed by atoms with Crippen LogP contribution >= 0.6 is 22.6 Å². The van der Waals surface area contributed by atoms with Crippen molar-refractivity contribution < 1.29 is 0 Å². The van der Waals surface area contributed by atoms with Crippen LogP contribution in [0.25, 0.3) is 0 Å². The molecular formula is C8H18IN. The lowest BCUT2D eigenvalue weighted by Gasteiger charge is -2.11. The maximum atomic E-state index is 5.43. The Kier molecular flexibility index (Phi) is 8.33. The first kappa shape index (κ1) is 10.7. The summed E-state index contributed by atoms with van der Waals surface area (Å²) < 4.78 is 1.29. The van der Waals surface area contributed by atoms with Gasteiger partial charge in [-0.1, -0.05) is 35.9 Å². The van der Waals surface area contributed by atoms with Gasteiger partial charge in [0.15, 0.2) is 0 Å². The van der Waals surface area contributed by atoms with Crippen molar-refractivity contribution in [1.29, 1.82) is 0 Å². The topological polar surface area (TPSA) is 26.0 Å². The average molecular weight is 255 g/mol. The van der Waals surface area contributed by atoms with Crippen LogP contribution in [0.3, 0.4) is 0 Å². The molecule has 2 N–H and O–H groups in total. The summed E-state index contributed by atoms with van der Waals surface area (Å²) in [5.41, 5.74) is 5.43. The lowest BCUT2D eigenvalue weighted by Crippen LogP contribution is -2.05. The molecule has 0 rings (SSSR count). The molecule has 0 aliphatic heterocycles. The van der Waals surface area contributed by atoms with Crippen LogP contribution in [0.5, 0.6) is 0 Å². The van der Waals surface area contributed by atoms with E-state index in [9.17, 15) is 0 Å². The number of hydrogen-bond acceptors (Lipinski definition) is 1. The molecule has 0 aromatic carbocycles. The molecule has 1 unspecified atom stereocenters. The monoisotopic (exact) mass is 255 g/mol. The maximum Gasteiger partial charge on any atom is -0.000209 e. The van der Waals surface area contributed by atoms with Gasteiger partial charge >= 0.3 is 0 Å². The first-order chi connectivity index (χ1) is 4.85. The molecule has 0 spiro atoms. The molecule has 1 nitrogen and oxygen atoms in total. The summed E-state index contributed by atoms with van der Waals surface area (Å²) in [6.45, 7) is 3.13. The zero-order valence-corrected chi connectivity index (χ0v) is 8.93. The zero-order chi connectivity index (χ0) is 7.82. The van der Waals surface area contributed by atoms with E-state index in [1.54, 1.807) is 0 Å². The van der Waals surface area contributed by atoms with E-state index in [0.29, 0.717) is 0 Å². The first-order valence-corrected chi connectivity index (χ1v) is 5.63. The molecule has 0 aliphatic rings. The van der Waals surface area contributed by atoms with Crippen molar-refractivity contribution in [2.75, 3.05) is 11.0 Å². The van der Waals surface area contributed by atoms with Gasteiger partial charge in [0.05, 0.1) is 0 Å². The van der Waals surface area contributed by atoms with Crippen molar-refractivity contribution in [2.24, 2.45) is 11.7 Å². The van der Waals surface area contributed by atoms with Crippen molar-refractivity contribution >= 4 is 22.6 Å². The number of rotatable bonds is 6. The Hall–Kier alpha value is 0.690. The van der Waals surface area contributed by atoms with Crippen LogP contribution in [0.2, 0.25) is 0 Å². The second-order valence-electron chi connectivity index (χ2n) is 2.68. The highest BCUT2D eigenvalue weighted by Crippen LogP contribution is 2.15. The molecule has 0 fully saturated rings. The molecule has 0 amide bonds. The number of alkyl halides is 1. The van der Waals surface area contributed by atoms with Crippen molar-refractivity contribution in [3.63, 3.8) is 0 Å². The van der Waals surface area contributed by atoms with E-state index in [2.05, 4.69) is 29.5 Å². The summed E-state index contributed by atoms with van der Waals surface area (Å²) in [6, 6.07) is 0. The third-order valence-corrected chi connectivity index (χ3v) is 2.53. The fraction of sp³-hybridized carbons (Fsp3) is 1.00. The molecule has 0 aliphatic carbocycles. The van der Waals surface area contributed by atoms with Gasteiger partial charge in [-0.05, 0) is 36.2 Å². The number of halogens is 1. The highest BCUT2D eigenvalue weighted by Gasteiger charge is 2.03. The second-order valence-corrected chi connectivity index (χ2v) is 3.76.